The minimum atomic E-state index is 0.644. The van der Waals surface area contributed by atoms with Gasteiger partial charge in [-0.05, 0) is 25.7 Å². The average Bonchev–Trinajstić information content (AvgIpc) is 2.35. The lowest BCUT2D eigenvalue weighted by Gasteiger charge is -2.36. The van der Waals surface area contributed by atoms with Crippen LogP contribution in [0.5, 0.6) is 0 Å². The van der Waals surface area contributed by atoms with Crippen molar-refractivity contribution in [1.82, 2.24) is 10.2 Å². The molecule has 0 bridgehead atoms. The number of hydrogen-bond acceptors (Lipinski definition) is 3. The van der Waals surface area contributed by atoms with E-state index in [-0.39, 0.29) is 0 Å². The normalized spacial score (nSPS) is 21.2. The summed E-state index contributed by atoms with van der Waals surface area (Å²) in [6.07, 6.45) is 3.82. The van der Waals surface area contributed by atoms with E-state index in [0.717, 1.165) is 38.8 Å². The van der Waals surface area contributed by atoms with Crippen LogP contribution in [-0.2, 0) is 4.74 Å². The maximum absolute atomic E-state index is 5.46. The summed E-state index contributed by atoms with van der Waals surface area (Å²) < 4.78 is 5.46. The van der Waals surface area contributed by atoms with E-state index in [0.29, 0.717) is 12.1 Å². The predicted molar refractivity (Wildman–Crippen MR) is 78.0 cm³/mol. The summed E-state index contributed by atoms with van der Waals surface area (Å²) in [4.78, 5) is 2.61. The van der Waals surface area contributed by atoms with Gasteiger partial charge in [-0.15, -0.1) is 0 Å². The zero-order valence-corrected chi connectivity index (χ0v) is 12.7. The molecule has 0 aromatic rings. The van der Waals surface area contributed by atoms with Gasteiger partial charge in [0.1, 0.15) is 0 Å². The topological polar surface area (TPSA) is 24.5 Å². The Morgan fingerprint density at radius 2 is 1.83 bits per heavy atom. The Labute approximate surface area is 113 Å². The first-order valence-electron chi connectivity index (χ1n) is 7.68. The van der Waals surface area contributed by atoms with E-state index in [1.807, 2.05) is 0 Å². The smallest absolute Gasteiger partial charge is 0.0594 e. The third-order valence-corrected chi connectivity index (χ3v) is 3.73. The lowest BCUT2D eigenvalue weighted by Crippen LogP contribution is -2.49. The standard InChI is InChI=1S/C15H32N2O/c1-5-6-14(4)16-12-15(11-13(2)3)17-7-9-18-10-8-17/h13-16H,5-12H2,1-4H3. The van der Waals surface area contributed by atoms with Crippen molar-refractivity contribution >= 4 is 0 Å². The third-order valence-electron chi connectivity index (χ3n) is 3.73. The molecule has 0 radical (unpaired) electrons. The summed E-state index contributed by atoms with van der Waals surface area (Å²) in [5, 5.41) is 3.70. The van der Waals surface area contributed by atoms with Crippen molar-refractivity contribution in [1.29, 1.82) is 0 Å². The highest BCUT2D eigenvalue weighted by Crippen LogP contribution is 2.13. The van der Waals surface area contributed by atoms with Crippen LogP contribution in [0.1, 0.15) is 47.0 Å². The SMILES string of the molecule is CCCC(C)NCC(CC(C)C)N1CCOCC1. The van der Waals surface area contributed by atoms with Crippen LogP contribution < -0.4 is 5.32 Å². The molecule has 1 rings (SSSR count). The molecule has 2 unspecified atom stereocenters. The second-order valence-corrected chi connectivity index (χ2v) is 6.03. The molecule has 3 heteroatoms. The first kappa shape index (κ1) is 15.9. The monoisotopic (exact) mass is 256 g/mol. The molecule has 0 aromatic heterocycles. The molecule has 0 amide bonds. The Kier molecular flexibility index (Phi) is 7.87. The zero-order valence-electron chi connectivity index (χ0n) is 12.7. The van der Waals surface area contributed by atoms with Crippen LogP contribution in [0.3, 0.4) is 0 Å². The van der Waals surface area contributed by atoms with Gasteiger partial charge in [0.15, 0.2) is 0 Å². The summed E-state index contributed by atoms with van der Waals surface area (Å²) in [5.74, 6) is 0.765. The number of ether oxygens (including phenoxy) is 1. The molecule has 1 N–H and O–H groups in total. The van der Waals surface area contributed by atoms with E-state index in [1.54, 1.807) is 0 Å². The van der Waals surface area contributed by atoms with Crippen molar-refractivity contribution in [2.24, 2.45) is 5.92 Å². The number of hydrogen-bond donors (Lipinski definition) is 1. The molecule has 108 valence electrons. The fourth-order valence-electron chi connectivity index (χ4n) is 2.72. The largest absolute Gasteiger partial charge is 0.379 e. The fourth-order valence-corrected chi connectivity index (χ4v) is 2.72. The Morgan fingerprint density at radius 3 is 2.39 bits per heavy atom. The molecule has 2 atom stereocenters. The highest BCUT2D eigenvalue weighted by atomic mass is 16.5. The molecular weight excluding hydrogens is 224 g/mol. The van der Waals surface area contributed by atoms with Crippen LogP contribution in [0.4, 0.5) is 0 Å². The molecule has 0 spiro atoms. The summed E-state index contributed by atoms with van der Waals surface area (Å²) in [6, 6.07) is 1.32. The van der Waals surface area contributed by atoms with Crippen LogP contribution in [-0.4, -0.2) is 49.8 Å². The molecular formula is C15H32N2O. The second kappa shape index (κ2) is 8.89. The van der Waals surface area contributed by atoms with Gasteiger partial charge in [-0.1, -0.05) is 27.2 Å². The lowest BCUT2D eigenvalue weighted by atomic mass is 10.0. The maximum Gasteiger partial charge on any atom is 0.0594 e. The Bertz CT molecular complexity index is 203. The highest BCUT2D eigenvalue weighted by Gasteiger charge is 2.21. The van der Waals surface area contributed by atoms with Gasteiger partial charge in [-0.25, -0.2) is 0 Å². The van der Waals surface area contributed by atoms with Crippen molar-refractivity contribution in [2.45, 2.75) is 59.0 Å². The molecule has 3 nitrogen and oxygen atoms in total. The number of rotatable bonds is 8. The zero-order chi connectivity index (χ0) is 13.4. The van der Waals surface area contributed by atoms with Crippen molar-refractivity contribution in [3.8, 4) is 0 Å². The summed E-state index contributed by atoms with van der Waals surface area (Å²) in [5.41, 5.74) is 0. The third kappa shape index (κ3) is 6.17. The maximum atomic E-state index is 5.46. The van der Waals surface area contributed by atoms with Crippen molar-refractivity contribution < 1.29 is 4.74 Å². The molecule has 1 heterocycles. The highest BCUT2D eigenvalue weighted by molar-refractivity contribution is 4.78. The quantitative estimate of drug-likeness (QED) is 0.722. The van der Waals surface area contributed by atoms with Crippen molar-refractivity contribution in [3.63, 3.8) is 0 Å². The minimum absolute atomic E-state index is 0.644. The van der Waals surface area contributed by atoms with Crippen LogP contribution >= 0.6 is 0 Å². The van der Waals surface area contributed by atoms with E-state index in [4.69, 9.17) is 4.74 Å². The first-order chi connectivity index (χ1) is 8.63. The van der Waals surface area contributed by atoms with Crippen LogP contribution in [0.15, 0.2) is 0 Å². The van der Waals surface area contributed by atoms with Gasteiger partial charge in [0.2, 0.25) is 0 Å². The van der Waals surface area contributed by atoms with Gasteiger partial charge >= 0.3 is 0 Å². The molecule has 0 saturated carbocycles. The van der Waals surface area contributed by atoms with E-state index in [2.05, 4.69) is 37.9 Å². The van der Waals surface area contributed by atoms with Gasteiger partial charge in [0.05, 0.1) is 13.2 Å². The average molecular weight is 256 g/mol. The van der Waals surface area contributed by atoms with E-state index in [9.17, 15) is 0 Å². The van der Waals surface area contributed by atoms with Crippen LogP contribution in [0.2, 0.25) is 0 Å². The minimum Gasteiger partial charge on any atom is -0.379 e. The molecule has 0 aliphatic carbocycles. The lowest BCUT2D eigenvalue weighted by molar-refractivity contribution is 0.0118. The van der Waals surface area contributed by atoms with E-state index >= 15 is 0 Å². The predicted octanol–water partition coefficient (Wildman–Crippen LogP) is 2.51. The molecule has 1 aliphatic heterocycles. The summed E-state index contributed by atoms with van der Waals surface area (Å²) in [7, 11) is 0. The summed E-state index contributed by atoms with van der Waals surface area (Å²) >= 11 is 0. The second-order valence-electron chi connectivity index (χ2n) is 6.03. The van der Waals surface area contributed by atoms with Gasteiger partial charge < -0.3 is 10.1 Å². The molecule has 1 saturated heterocycles. The molecule has 0 aromatic carbocycles. The van der Waals surface area contributed by atoms with Crippen molar-refractivity contribution in [2.75, 3.05) is 32.8 Å². The Balaban J connectivity index is 2.38. The van der Waals surface area contributed by atoms with Gasteiger partial charge in [0.25, 0.3) is 0 Å². The van der Waals surface area contributed by atoms with E-state index < -0.39 is 0 Å². The summed E-state index contributed by atoms with van der Waals surface area (Å²) in [6.45, 7) is 14.3. The Morgan fingerprint density at radius 1 is 1.17 bits per heavy atom. The van der Waals surface area contributed by atoms with Crippen molar-refractivity contribution in [3.05, 3.63) is 0 Å². The number of nitrogens with zero attached hydrogens (tertiary/aromatic N) is 1. The Hall–Kier alpha value is -0.120. The molecule has 18 heavy (non-hydrogen) atoms. The van der Waals surface area contributed by atoms with Gasteiger partial charge in [-0.2, -0.15) is 0 Å². The molecule has 1 aliphatic rings. The fraction of sp³-hybridized carbons (Fsp3) is 1.00. The van der Waals surface area contributed by atoms with Crippen LogP contribution in [0.25, 0.3) is 0 Å². The number of nitrogens with one attached hydrogen (secondary N) is 1. The molecule has 1 fully saturated rings. The number of morpholine rings is 1. The van der Waals surface area contributed by atoms with Gasteiger partial charge in [-0.3, -0.25) is 4.90 Å². The van der Waals surface area contributed by atoms with Crippen LogP contribution in [0, 0.1) is 5.92 Å². The van der Waals surface area contributed by atoms with Gasteiger partial charge in [0, 0.05) is 31.7 Å². The van der Waals surface area contributed by atoms with E-state index in [1.165, 1.54) is 19.3 Å². The first-order valence-corrected chi connectivity index (χ1v) is 7.68.